The second-order valence-corrected chi connectivity index (χ2v) is 5.20. The summed E-state index contributed by atoms with van der Waals surface area (Å²) >= 11 is 3.39. The number of ether oxygens (including phenoxy) is 1. The van der Waals surface area contributed by atoms with Gasteiger partial charge in [0.1, 0.15) is 0 Å². The molecule has 5 heteroatoms. The number of halogens is 1. The maximum absolute atomic E-state index is 11.4. The van der Waals surface area contributed by atoms with Crippen molar-refractivity contribution in [2.45, 2.75) is 38.2 Å². The van der Waals surface area contributed by atoms with Gasteiger partial charge in [0.25, 0.3) is 0 Å². The molecule has 0 saturated heterocycles. The number of hydrogen-bond acceptors (Lipinski definition) is 4. The van der Waals surface area contributed by atoms with Crippen LogP contribution in [-0.2, 0) is 14.3 Å². The van der Waals surface area contributed by atoms with Gasteiger partial charge < -0.3 is 9.84 Å². The van der Waals surface area contributed by atoms with Crippen molar-refractivity contribution in [1.82, 2.24) is 0 Å². The van der Waals surface area contributed by atoms with Gasteiger partial charge in [-0.25, -0.2) is 0 Å². The van der Waals surface area contributed by atoms with E-state index in [2.05, 4.69) is 20.7 Å². The number of rotatable bonds is 6. The SMILES string of the molecule is COC(=O)CCC/C=C(\Br)CC1=CC(O)CC1=O. The molecule has 1 unspecified atom stereocenters. The smallest absolute Gasteiger partial charge is 0.305 e. The van der Waals surface area contributed by atoms with Crippen LogP contribution in [0.4, 0.5) is 0 Å². The number of aliphatic hydroxyl groups is 1. The fraction of sp³-hybridized carbons (Fsp3) is 0.538. The Bertz CT molecular complexity index is 384. The maximum Gasteiger partial charge on any atom is 0.305 e. The van der Waals surface area contributed by atoms with E-state index in [4.69, 9.17) is 0 Å². The molecule has 1 rings (SSSR count). The van der Waals surface area contributed by atoms with E-state index in [1.165, 1.54) is 7.11 Å². The minimum absolute atomic E-state index is 0.00223. The van der Waals surface area contributed by atoms with E-state index < -0.39 is 6.10 Å². The Labute approximate surface area is 115 Å². The van der Waals surface area contributed by atoms with Gasteiger partial charge in [-0.15, -0.1) is 0 Å². The van der Waals surface area contributed by atoms with Gasteiger partial charge in [0.2, 0.25) is 0 Å². The zero-order valence-corrected chi connectivity index (χ0v) is 11.9. The molecule has 0 spiro atoms. The first-order chi connectivity index (χ1) is 8.52. The summed E-state index contributed by atoms with van der Waals surface area (Å²) in [5, 5.41) is 9.30. The summed E-state index contributed by atoms with van der Waals surface area (Å²) in [7, 11) is 1.37. The molecule has 0 fully saturated rings. The molecule has 1 atom stereocenters. The standard InChI is InChI=1S/C13H17BrO4/c1-18-13(17)5-3-2-4-10(14)6-9-7-11(15)8-12(9)16/h4,7,11,15H,2-3,5-6,8H2,1H3/b10-4-. The lowest BCUT2D eigenvalue weighted by Crippen LogP contribution is -2.01. The molecule has 0 aromatic heterocycles. The van der Waals surface area contributed by atoms with Gasteiger partial charge in [-0.05, 0) is 29.0 Å². The van der Waals surface area contributed by atoms with Crippen LogP contribution in [-0.4, -0.2) is 30.1 Å². The molecule has 1 N–H and O–H groups in total. The highest BCUT2D eigenvalue weighted by Gasteiger charge is 2.21. The van der Waals surface area contributed by atoms with Crippen LogP contribution in [0.3, 0.4) is 0 Å². The predicted molar refractivity (Wildman–Crippen MR) is 71.2 cm³/mol. The third-order valence-corrected chi connectivity index (χ3v) is 3.29. The molecule has 1 aliphatic rings. The number of Topliss-reactive ketones (excluding diaryl/α,β-unsaturated/α-hetero) is 1. The van der Waals surface area contributed by atoms with Gasteiger partial charge in [-0.2, -0.15) is 0 Å². The van der Waals surface area contributed by atoms with Gasteiger partial charge in [-0.3, -0.25) is 9.59 Å². The van der Waals surface area contributed by atoms with E-state index in [0.29, 0.717) is 18.4 Å². The normalized spacial score (nSPS) is 19.9. The Hall–Kier alpha value is -0.940. The highest BCUT2D eigenvalue weighted by atomic mass is 79.9. The number of carbonyl (C=O) groups is 2. The Morgan fingerprint density at radius 1 is 1.67 bits per heavy atom. The number of unbranched alkanes of at least 4 members (excludes halogenated alkanes) is 1. The summed E-state index contributed by atoms with van der Waals surface area (Å²) < 4.78 is 5.44. The highest BCUT2D eigenvalue weighted by Crippen LogP contribution is 2.25. The number of methoxy groups -OCH3 is 1. The predicted octanol–water partition coefficient (Wildman–Crippen LogP) is 2.26. The number of ketones is 1. The van der Waals surface area contributed by atoms with Crippen molar-refractivity contribution in [3.8, 4) is 0 Å². The van der Waals surface area contributed by atoms with Gasteiger partial charge in [0.05, 0.1) is 13.2 Å². The zero-order valence-electron chi connectivity index (χ0n) is 10.3. The van der Waals surface area contributed by atoms with Crippen LogP contribution < -0.4 is 0 Å². The Morgan fingerprint density at radius 2 is 2.39 bits per heavy atom. The Morgan fingerprint density at radius 3 is 2.94 bits per heavy atom. The van der Waals surface area contributed by atoms with Gasteiger partial charge in [-0.1, -0.05) is 22.0 Å². The molecule has 0 aromatic carbocycles. The second-order valence-electron chi connectivity index (χ2n) is 4.18. The van der Waals surface area contributed by atoms with E-state index >= 15 is 0 Å². The molecule has 0 aromatic rings. The molecule has 100 valence electrons. The average molecular weight is 317 g/mol. The summed E-state index contributed by atoms with van der Waals surface area (Å²) in [6, 6.07) is 0. The Balaban J connectivity index is 2.32. The number of aliphatic hydroxyl groups excluding tert-OH is 1. The number of hydrogen-bond donors (Lipinski definition) is 1. The van der Waals surface area contributed by atoms with Crippen LogP contribution in [0.1, 0.15) is 32.1 Å². The van der Waals surface area contributed by atoms with Crippen LogP contribution in [0.2, 0.25) is 0 Å². The lowest BCUT2D eigenvalue weighted by atomic mass is 10.1. The van der Waals surface area contributed by atoms with E-state index in [1.54, 1.807) is 6.08 Å². The molecule has 1 aliphatic carbocycles. The van der Waals surface area contributed by atoms with Crippen molar-refractivity contribution < 1.29 is 19.4 Å². The third kappa shape index (κ3) is 5.14. The Kier molecular flexibility index (Phi) is 6.29. The van der Waals surface area contributed by atoms with Gasteiger partial charge >= 0.3 is 5.97 Å². The van der Waals surface area contributed by atoms with Crippen molar-refractivity contribution in [2.24, 2.45) is 0 Å². The largest absolute Gasteiger partial charge is 0.469 e. The fourth-order valence-corrected chi connectivity index (χ4v) is 2.25. The third-order valence-electron chi connectivity index (χ3n) is 2.68. The first kappa shape index (κ1) is 15.1. The van der Waals surface area contributed by atoms with Crippen LogP contribution in [0, 0.1) is 0 Å². The molecule has 0 heterocycles. The van der Waals surface area contributed by atoms with Crippen LogP contribution in [0.15, 0.2) is 22.2 Å². The molecule has 0 aliphatic heterocycles. The fourth-order valence-electron chi connectivity index (χ4n) is 1.72. The van der Waals surface area contributed by atoms with Crippen molar-refractivity contribution in [1.29, 1.82) is 0 Å². The van der Waals surface area contributed by atoms with Crippen molar-refractivity contribution in [3.63, 3.8) is 0 Å². The molecule has 4 nitrogen and oxygen atoms in total. The van der Waals surface area contributed by atoms with E-state index in [0.717, 1.165) is 17.3 Å². The molecule has 0 bridgehead atoms. The molecular formula is C13H17BrO4. The van der Waals surface area contributed by atoms with E-state index in [1.807, 2.05) is 6.08 Å². The molecule has 18 heavy (non-hydrogen) atoms. The maximum atomic E-state index is 11.4. The minimum atomic E-state index is -0.632. The lowest BCUT2D eigenvalue weighted by Gasteiger charge is -2.00. The minimum Gasteiger partial charge on any atom is -0.469 e. The van der Waals surface area contributed by atoms with Gasteiger partial charge in [0.15, 0.2) is 5.78 Å². The quantitative estimate of drug-likeness (QED) is 0.603. The van der Waals surface area contributed by atoms with Crippen LogP contribution in [0.25, 0.3) is 0 Å². The zero-order chi connectivity index (χ0) is 13.5. The average Bonchev–Trinajstić information content (AvgIpc) is 2.63. The number of carbonyl (C=O) groups excluding carboxylic acids is 2. The molecule has 0 amide bonds. The van der Waals surface area contributed by atoms with Crippen LogP contribution >= 0.6 is 15.9 Å². The summed E-state index contributed by atoms with van der Waals surface area (Å²) in [6.07, 6.45) is 5.48. The molecule has 0 saturated carbocycles. The summed E-state index contributed by atoms with van der Waals surface area (Å²) in [5.41, 5.74) is 0.651. The van der Waals surface area contributed by atoms with E-state index in [-0.39, 0.29) is 18.2 Å². The van der Waals surface area contributed by atoms with E-state index in [9.17, 15) is 14.7 Å². The van der Waals surface area contributed by atoms with Crippen molar-refractivity contribution in [2.75, 3.05) is 7.11 Å². The highest BCUT2D eigenvalue weighted by molar-refractivity contribution is 9.11. The van der Waals surface area contributed by atoms with Gasteiger partial charge in [0, 0.05) is 19.3 Å². The molecule has 0 radical (unpaired) electrons. The number of allylic oxidation sites excluding steroid dienone is 3. The summed E-state index contributed by atoms with van der Waals surface area (Å²) in [6.45, 7) is 0. The van der Waals surface area contributed by atoms with Crippen molar-refractivity contribution in [3.05, 3.63) is 22.2 Å². The first-order valence-corrected chi connectivity index (χ1v) is 6.65. The molecular weight excluding hydrogens is 300 g/mol. The summed E-state index contributed by atoms with van der Waals surface area (Å²) in [5.74, 6) is -0.210. The summed E-state index contributed by atoms with van der Waals surface area (Å²) in [4.78, 5) is 22.3. The second kappa shape index (κ2) is 7.48. The number of esters is 1. The lowest BCUT2D eigenvalue weighted by molar-refractivity contribution is -0.140. The van der Waals surface area contributed by atoms with Crippen molar-refractivity contribution >= 4 is 27.7 Å². The first-order valence-electron chi connectivity index (χ1n) is 5.86. The monoisotopic (exact) mass is 316 g/mol. The van der Waals surface area contributed by atoms with Crippen LogP contribution in [0.5, 0.6) is 0 Å². The topological polar surface area (TPSA) is 63.6 Å².